The van der Waals surface area contributed by atoms with Gasteiger partial charge in [-0.2, -0.15) is 0 Å². The number of anilines is 1. The molecule has 0 spiro atoms. The van der Waals surface area contributed by atoms with Crippen molar-refractivity contribution in [3.63, 3.8) is 0 Å². The Balaban J connectivity index is 2.49. The average Bonchev–Trinajstić information content (AvgIpc) is 2.31. The minimum atomic E-state index is 0.106. The van der Waals surface area contributed by atoms with Crippen molar-refractivity contribution in [1.29, 1.82) is 0 Å². The standard InChI is InChI=1S/C13H22N4O/c1-5-14-12-7-6-11(8-15-12)9-17(4)10-13(18)16(2)3/h6-8H,5,9-10H2,1-4H3,(H,14,15). The second-order valence-corrected chi connectivity index (χ2v) is 4.54. The predicted molar refractivity (Wildman–Crippen MR) is 73.4 cm³/mol. The molecule has 1 rings (SSSR count). The lowest BCUT2D eigenvalue weighted by atomic mass is 10.2. The van der Waals surface area contributed by atoms with Crippen LogP contribution in [0.4, 0.5) is 5.82 Å². The van der Waals surface area contributed by atoms with Crippen LogP contribution in [-0.4, -0.2) is 54.9 Å². The van der Waals surface area contributed by atoms with Crippen LogP contribution in [0.2, 0.25) is 0 Å². The van der Waals surface area contributed by atoms with E-state index in [2.05, 4.69) is 10.3 Å². The molecule has 0 saturated carbocycles. The molecule has 0 atom stereocenters. The van der Waals surface area contributed by atoms with Crippen LogP contribution in [-0.2, 0) is 11.3 Å². The van der Waals surface area contributed by atoms with Crippen molar-refractivity contribution in [3.05, 3.63) is 23.9 Å². The first-order valence-corrected chi connectivity index (χ1v) is 6.10. The number of likely N-dealkylation sites (N-methyl/N-ethyl adjacent to an activating group) is 2. The molecule has 5 nitrogen and oxygen atoms in total. The Hall–Kier alpha value is -1.62. The number of hydrogen-bond donors (Lipinski definition) is 1. The van der Waals surface area contributed by atoms with Crippen molar-refractivity contribution < 1.29 is 4.79 Å². The Labute approximate surface area is 109 Å². The summed E-state index contributed by atoms with van der Waals surface area (Å²) >= 11 is 0. The molecule has 18 heavy (non-hydrogen) atoms. The van der Waals surface area contributed by atoms with Crippen LogP contribution in [0.5, 0.6) is 0 Å². The summed E-state index contributed by atoms with van der Waals surface area (Å²) in [5.41, 5.74) is 1.10. The first-order valence-electron chi connectivity index (χ1n) is 6.10. The fourth-order valence-corrected chi connectivity index (χ4v) is 1.54. The maximum Gasteiger partial charge on any atom is 0.236 e. The first kappa shape index (κ1) is 14.4. The lowest BCUT2D eigenvalue weighted by Crippen LogP contribution is -2.34. The monoisotopic (exact) mass is 250 g/mol. The normalized spacial score (nSPS) is 10.5. The lowest BCUT2D eigenvalue weighted by molar-refractivity contribution is -0.129. The summed E-state index contributed by atoms with van der Waals surface area (Å²) < 4.78 is 0. The van der Waals surface area contributed by atoms with Crippen molar-refractivity contribution >= 4 is 11.7 Å². The zero-order valence-electron chi connectivity index (χ0n) is 11.6. The highest BCUT2D eigenvalue weighted by atomic mass is 16.2. The Morgan fingerprint density at radius 2 is 2.06 bits per heavy atom. The number of rotatable bonds is 6. The Bertz CT molecular complexity index is 375. The van der Waals surface area contributed by atoms with Gasteiger partial charge in [-0.1, -0.05) is 6.07 Å². The summed E-state index contributed by atoms with van der Waals surface area (Å²) in [5, 5.41) is 3.15. The highest BCUT2D eigenvalue weighted by Gasteiger charge is 2.08. The van der Waals surface area contributed by atoms with Crippen molar-refractivity contribution in [3.8, 4) is 0 Å². The van der Waals surface area contributed by atoms with Crippen molar-refractivity contribution in [2.24, 2.45) is 0 Å². The van der Waals surface area contributed by atoms with Crippen molar-refractivity contribution in [1.82, 2.24) is 14.8 Å². The van der Waals surface area contributed by atoms with E-state index in [9.17, 15) is 4.79 Å². The summed E-state index contributed by atoms with van der Waals surface area (Å²) in [7, 11) is 5.46. The number of hydrogen-bond acceptors (Lipinski definition) is 4. The van der Waals surface area contributed by atoms with Gasteiger partial charge in [0.15, 0.2) is 0 Å². The van der Waals surface area contributed by atoms with Gasteiger partial charge < -0.3 is 10.2 Å². The van der Waals surface area contributed by atoms with E-state index in [0.717, 1.165) is 24.5 Å². The minimum absolute atomic E-state index is 0.106. The first-order chi connectivity index (χ1) is 8.52. The van der Waals surface area contributed by atoms with Gasteiger partial charge >= 0.3 is 0 Å². The second kappa shape index (κ2) is 6.96. The lowest BCUT2D eigenvalue weighted by Gasteiger charge is -2.18. The molecule has 1 amide bonds. The van der Waals surface area contributed by atoms with Gasteiger partial charge in [-0.3, -0.25) is 9.69 Å². The van der Waals surface area contributed by atoms with E-state index in [-0.39, 0.29) is 5.91 Å². The molecule has 0 aromatic carbocycles. The van der Waals surface area contributed by atoms with E-state index in [1.807, 2.05) is 37.2 Å². The number of pyridine rings is 1. The minimum Gasteiger partial charge on any atom is -0.370 e. The van der Waals surface area contributed by atoms with Crippen LogP contribution >= 0.6 is 0 Å². The molecule has 1 heterocycles. The Morgan fingerprint density at radius 3 is 2.56 bits per heavy atom. The largest absolute Gasteiger partial charge is 0.370 e. The van der Waals surface area contributed by atoms with E-state index in [1.165, 1.54) is 0 Å². The van der Waals surface area contributed by atoms with Gasteiger partial charge in [-0.25, -0.2) is 4.98 Å². The van der Waals surface area contributed by atoms with Crippen LogP contribution in [0.1, 0.15) is 12.5 Å². The van der Waals surface area contributed by atoms with E-state index >= 15 is 0 Å². The van der Waals surface area contributed by atoms with Crippen LogP contribution in [0.3, 0.4) is 0 Å². The highest BCUT2D eigenvalue weighted by Crippen LogP contribution is 2.06. The third-order valence-electron chi connectivity index (χ3n) is 2.54. The fraction of sp³-hybridized carbons (Fsp3) is 0.538. The molecule has 1 aromatic rings. The van der Waals surface area contributed by atoms with Crippen LogP contribution in [0, 0.1) is 0 Å². The molecule has 0 aliphatic rings. The van der Waals surface area contributed by atoms with Crippen LogP contribution in [0.15, 0.2) is 18.3 Å². The molecule has 0 unspecified atom stereocenters. The van der Waals surface area contributed by atoms with Gasteiger partial charge in [0.05, 0.1) is 6.54 Å². The predicted octanol–water partition coefficient (Wildman–Crippen LogP) is 1.03. The van der Waals surface area contributed by atoms with Gasteiger partial charge in [0.25, 0.3) is 0 Å². The molecule has 0 radical (unpaired) electrons. The zero-order chi connectivity index (χ0) is 13.5. The molecule has 0 fully saturated rings. The topological polar surface area (TPSA) is 48.5 Å². The second-order valence-electron chi connectivity index (χ2n) is 4.54. The summed E-state index contributed by atoms with van der Waals surface area (Å²) in [4.78, 5) is 19.4. The zero-order valence-corrected chi connectivity index (χ0v) is 11.6. The highest BCUT2D eigenvalue weighted by molar-refractivity contribution is 5.77. The molecule has 0 saturated heterocycles. The number of carbonyl (C=O) groups is 1. The van der Waals surface area contributed by atoms with Crippen LogP contribution in [0.25, 0.3) is 0 Å². The third-order valence-corrected chi connectivity index (χ3v) is 2.54. The Kier molecular flexibility index (Phi) is 5.58. The number of aromatic nitrogens is 1. The molecule has 0 aliphatic heterocycles. The van der Waals surface area contributed by atoms with Gasteiger partial charge in [-0.05, 0) is 25.6 Å². The smallest absolute Gasteiger partial charge is 0.236 e. The van der Waals surface area contributed by atoms with E-state index in [0.29, 0.717) is 6.54 Å². The van der Waals surface area contributed by atoms with Crippen molar-refractivity contribution in [2.75, 3.05) is 39.5 Å². The number of carbonyl (C=O) groups excluding carboxylic acids is 1. The third kappa shape index (κ3) is 4.71. The molecule has 1 aromatic heterocycles. The summed E-state index contributed by atoms with van der Waals surface area (Å²) in [6.45, 7) is 4.04. The maximum absolute atomic E-state index is 11.5. The van der Waals surface area contributed by atoms with Gasteiger partial charge in [-0.15, -0.1) is 0 Å². The number of nitrogens with zero attached hydrogens (tertiary/aromatic N) is 3. The van der Waals surface area contributed by atoms with Crippen LogP contribution < -0.4 is 5.32 Å². The van der Waals surface area contributed by atoms with E-state index in [4.69, 9.17) is 0 Å². The summed E-state index contributed by atoms with van der Waals surface area (Å²) in [6, 6.07) is 3.99. The van der Waals surface area contributed by atoms with E-state index < -0.39 is 0 Å². The number of amides is 1. The molecule has 0 aliphatic carbocycles. The van der Waals surface area contributed by atoms with Gasteiger partial charge in [0, 0.05) is 33.4 Å². The number of nitrogens with one attached hydrogen (secondary N) is 1. The van der Waals surface area contributed by atoms with Crippen molar-refractivity contribution in [2.45, 2.75) is 13.5 Å². The maximum atomic E-state index is 11.5. The molecule has 5 heteroatoms. The van der Waals surface area contributed by atoms with Gasteiger partial charge in [0.1, 0.15) is 5.82 Å². The average molecular weight is 250 g/mol. The summed E-state index contributed by atoms with van der Waals surface area (Å²) in [5.74, 6) is 0.989. The SMILES string of the molecule is CCNc1ccc(CN(C)CC(=O)N(C)C)cn1. The Morgan fingerprint density at radius 1 is 1.33 bits per heavy atom. The summed E-state index contributed by atoms with van der Waals surface area (Å²) in [6.07, 6.45) is 1.84. The fourth-order valence-electron chi connectivity index (χ4n) is 1.54. The molecule has 1 N–H and O–H groups in total. The van der Waals surface area contributed by atoms with Gasteiger partial charge in [0.2, 0.25) is 5.91 Å². The molecule has 100 valence electrons. The van der Waals surface area contributed by atoms with E-state index in [1.54, 1.807) is 19.0 Å². The molecule has 0 bridgehead atoms. The quantitative estimate of drug-likeness (QED) is 0.819. The molecular weight excluding hydrogens is 228 g/mol. The molecular formula is C13H22N4O.